The first-order valence-electron chi connectivity index (χ1n) is 4.66. The van der Waals surface area contributed by atoms with Gasteiger partial charge < -0.3 is 15.1 Å². The molecular weight excluding hydrogens is 194 g/mol. The lowest BCUT2D eigenvalue weighted by Gasteiger charge is -2.13. The molecule has 0 atom stereocenters. The molecule has 0 saturated carbocycles. The first kappa shape index (κ1) is 9.57. The maximum absolute atomic E-state index is 5.44. The zero-order valence-electron chi connectivity index (χ0n) is 8.47. The Morgan fingerprint density at radius 3 is 3.00 bits per heavy atom. The number of anilines is 2. The van der Waals surface area contributed by atoms with Gasteiger partial charge in [0.05, 0.1) is 12.5 Å². The van der Waals surface area contributed by atoms with Crippen molar-refractivity contribution < 1.29 is 4.42 Å². The van der Waals surface area contributed by atoms with E-state index >= 15 is 0 Å². The summed E-state index contributed by atoms with van der Waals surface area (Å²) in [5.74, 6) is 1.01. The molecule has 15 heavy (non-hydrogen) atoms. The second-order valence-electron chi connectivity index (χ2n) is 3.34. The lowest BCUT2D eigenvalue weighted by Crippen LogP contribution is -2.21. The second kappa shape index (κ2) is 4.04. The molecule has 0 spiro atoms. The minimum Gasteiger partial charge on any atom is -0.472 e. The Hall–Kier alpha value is -1.98. The maximum atomic E-state index is 5.44. The number of furan rings is 1. The number of likely N-dealkylation sites (N-methyl/N-ethyl adjacent to an activating group) is 1. The topological polar surface area (TPSA) is 84.0 Å². The van der Waals surface area contributed by atoms with Gasteiger partial charge in [0.25, 0.3) is 0 Å². The van der Waals surface area contributed by atoms with Crippen LogP contribution in [0.3, 0.4) is 0 Å². The smallest absolute Gasteiger partial charge is 0.225 e. The molecule has 0 aliphatic rings. The van der Waals surface area contributed by atoms with Crippen molar-refractivity contribution in [1.29, 1.82) is 0 Å². The number of hydrogen-bond donors (Lipinski definition) is 2. The van der Waals surface area contributed by atoms with E-state index in [4.69, 9.17) is 10.2 Å². The van der Waals surface area contributed by atoms with Crippen LogP contribution >= 0.6 is 0 Å². The molecule has 0 radical (unpaired) electrons. The molecule has 0 aromatic carbocycles. The Balaban J connectivity index is 1.90. The van der Waals surface area contributed by atoms with Gasteiger partial charge in [-0.15, -0.1) is 10.2 Å². The van der Waals surface area contributed by atoms with Crippen LogP contribution in [0.2, 0.25) is 0 Å². The molecule has 6 nitrogen and oxygen atoms in total. The van der Waals surface area contributed by atoms with Crippen molar-refractivity contribution in [3.63, 3.8) is 0 Å². The molecule has 2 aromatic rings. The fraction of sp³-hybridized carbons (Fsp3) is 0.333. The van der Waals surface area contributed by atoms with Crippen LogP contribution in [0.1, 0.15) is 5.56 Å². The van der Waals surface area contributed by atoms with Crippen molar-refractivity contribution in [2.45, 2.75) is 6.42 Å². The highest BCUT2D eigenvalue weighted by Gasteiger charge is 2.05. The third kappa shape index (κ3) is 2.28. The Morgan fingerprint density at radius 1 is 1.53 bits per heavy atom. The predicted molar refractivity (Wildman–Crippen MR) is 56.5 cm³/mol. The van der Waals surface area contributed by atoms with Gasteiger partial charge in [-0.05, 0) is 18.1 Å². The number of aromatic nitrogens is 3. The molecule has 80 valence electrons. The summed E-state index contributed by atoms with van der Waals surface area (Å²) in [7, 11) is 1.93. The lowest BCUT2D eigenvalue weighted by molar-refractivity contribution is 0.563. The second-order valence-corrected chi connectivity index (χ2v) is 3.34. The van der Waals surface area contributed by atoms with E-state index in [2.05, 4.69) is 15.2 Å². The minimum atomic E-state index is 0.333. The average molecular weight is 207 g/mol. The molecule has 0 unspecified atom stereocenters. The third-order valence-electron chi connectivity index (χ3n) is 2.17. The van der Waals surface area contributed by atoms with Crippen LogP contribution in [0.15, 0.2) is 23.0 Å². The lowest BCUT2D eigenvalue weighted by atomic mass is 10.2. The van der Waals surface area contributed by atoms with Crippen LogP contribution in [0, 0.1) is 0 Å². The maximum Gasteiger partial charge on any atom is 0.225 e. The Bertz CT molecular complexity index is 408. The van der Waals surface area contributed by atoms with E-state index in [1.165, 1.54) is 0 Å². The monoisotopic (exact) mass is 207 g/mol. The molecule has 0 bridgehead atoms. The summed E-state index contributed by atoms with van der Waals surface area (Å²) in [5, 5.41) is 7.58. The highest BCUT2D eigenvalue weighted by atomic mass is 16.3. The zero-order valence-corrected chi connectivity index (χ0v) is 8.47. The first-order chi connectivity index (χ1) is 7.25. The van der Waals surface area contributed by atoms with Crippen molar-refractivity contribution in [3.05, 3.63) is 24.2 Å². The van der Waals surface area contributed by atoms with Crippen LogP contribution in [-0.2, 0) is 6.42 Å². The van der Waals surface area contributed by atoms with Crippen molar-refractivity contribution in [1.82, 2.24) is 15.2 Å². The van der Waals surface area contributed by atoms with Crippen molar-refractivity contribution in [3.8, 4) is 0 Å². The summed E-state index contributed by atoms with van der Waals surface area (Å²) in [6.07, 6.45) is 4.30. The molecule has 2 rings (SSSR count). The van der Waals surface area contributed by atoms with Gasteiger partial charge in [-0.25, -0.2) is 0 Å². The number of aromatic amines is 1. The molecule has 2 aromatic heterocycles. The molecule has 3 N–H and O–H groups in total. The number of nitrogens with zero attached hydrogens (tertiary/aromatic N) is 3. The van der Waals surface area contributed by atoms with Crippen LogP contribution < -0.4 is 10.6 Å². The number of nitrogens with one attached hydrogen (secondary N) is 1. The Kier molecular flexibility index (Phi) is 2.57. The van der Waals surface area contributed by atoms with E-state index in [1.54, 1.807) is 12.5 Å². The average Bonchev–Trinajstić information content (AvgIpc) is 2.84. The van der Waals surface area contributed by atoms with E-state index < -0.39 is 0 Å². The summed E-state index contributed by atoms with van der Waals surface area (Å²) in [5.41, 5.74) is 6.60. The zero-order chi connectivity index (χ0) is 10.7. The molecule has 0 fully saturated rings. The van der Waals surface area contributed by atoms with E-state index in [9.17, 15) is 0 Å². The fourth-order valence-corrected chi connectivity index (χ4v) is 1.28. The minimum absolute atomic E-state index is 0.333. The van der Waals surface area contributed by atoms with Gasteiger partial charge in [0.1, 0.15) is 0 Å². The highest BCUT2D eigenvalue weighted by molar-refractivity contribution is 5.32. The van der Waals surface area contributed by atoms with Crippen molar-refractivity contribution in [2.75, 3.05) is 24.2 Å². The normalized spacial score (nSPS) is 10.5. The number of hydrogen-bond acceptors (Lipinski definition) is 5. The van der Waals surface area contributed by atoms with Crippen LogP contribution in [0.5, 0.6) is 0 Å². The number of rotatable bonds is 4. The first-order valence-corrected chi connectivity index (χ1v) is 4.66. The third-order valence-corrected chi connectivity index (χ3v) is 2.17. The van der Waals surface area contributed by atoms with Crippen molar-refractivity contribution in [2.24, 2.45) is 0 Å². The molecule has 0 saturated heterocycles. The van der Waals surface area contributed by atoms with Crippen molar-refractivity contribution >= 4 is 11.9 Å². The molecular formula is C9H13N5O. The molecule has 0 amide bonds. The van der Waals surface area contributed by atoms with Gasteiger partial charge >= 0.3 is 0 Å². The Labute approximate surface area is 87.1 Å². The molecule has 0 aliphatic carbocycles. The number of nitrogen functional groups attached to an aromatic ring is 1. The quantitative estimate of drug-likeness (QED) is 0.769. The van der Waals surface area contributed by atoms with Gasteiger partial charge in [0.2, 0.25) is 11.9 Å². The Morgan fingerprint density at radius 2 is 2.40 bits per heavy atom. The van der Waals surface area contributed by atoms with Gasteiger partial charge in [-0.1, -0.05) is 0 Å². The van der Waals surface area contributed by atoms with E-state index in [0.29, 0.717) is 11.9 Å². The molecule has 0 aliphatic heterocycles. The van der Waals surface area contributed by atoms with Crippen LogP contribution in [-0.4, -0.2) is 28.8 Å². The van der Waals surface area contributed by atoms with Gasteiger partial charge in [0.15, 0.2) is 0 Å². The van der Waals surface area contributed by atoms with Gasteiger partial charge in [0, 0.05) is 13.6 Å². The number of H-pyrrole nitrogens is 1. The highest BCUT2D eigenvalue weighted by Crippen LogP contribution is 2.07. The van der Waals surface area contributed by atoms with Crippen LogP contribution in [0.4, 0.5) is 11.9 Å². The van der Waals surface area contributed by atoms with E-state index in [-0.39, 0.29) is 0 Å². The largest absolute Gasteiger partial charge is 0.472 e. The summed E-state index contributed by atoms with van der Waals surface area (Å²) < 4.78 is 4.98. The molecule has 6 heteroatoms. The summed E-state index contributed by atoms with van der Waals surface area (Å²) in [4.78, 5) is 4.82. The number of nitrogens with two attached hydrogens (primary N) is 1. The van der Waals surface area contributed by atoms with E-state index in [0.717, 1.165) is 18.5 Å². The standard InChI is InChI=1S/C9H13N5O/c1-14(9-11-8(10)12-13-9)4-2-7-3-5-15-6-7/h3,5-6H,2,4H2,1H3,(H3,10,11,12,13). The molecule has 2 heterocycles. The summed E-state index contributed by atoms with van der Waals surface area (Å²) in [6, 6.07) is 1.95. The van der Waals surface area contributed by atoms with E-state index in [1.807, 2.05) is 18.0 Å². The summed E-state index contributed by atoms with van der Waals surface area (Å²) >= 11 is 0. The predicted octanol–water partition coefficient (Wildman–Crippen LogP) is 0.659. The van der Waals surface area contributed by atoms with Gasteiger partial charge in [-0.3, -0.25) is 4.98 Å². The van der Waals surface area contributed by atoms with Gasteiger partial charge in [-0.2, -0.15) is 0 Å². The SMILES string of the molecule is CN(CCc1ccoc1)c1nnc(N)[nH]1. The summed E-state index contributed by atoms with van der Waals surface area (Å²) in [6.45, 7) is 0.828. The fourth-order valence-electron chi connectivity index (χ4n) is 1.28. The van der Waals surface area contributed by atoms with Crippen LogP contribution in [0.25, 0.3) is 0 Å².